The summed E-state index contributed by atoms with van der Waals surface area (Å²) in [6, 6.07) is -0.857. The first-order valence-corrected chi connectivity index (χ1v) is 3.98. The average Bonchev–Trinajstić information content (AvgIpc) is 1.84. The van der Waals surface area contributed by atoms with Crippen LogP contribution in [-0.4, -0.2) is 24.3 Å². The maximum absolute atomic E-state index is 13.0. The molecule has 72 valence electrons. The largest absolute Gasteiger partial charge is 0.465 e. The number of halogens is 1. The fraction of sp³-hybridized carbons (Fsp3) is 0.875. The lowest BCUT2D eigenvalue weighted by Crippen LogP contribution is -2.37. The average molecular weight is 177 g/mol. The van der Waals surface area contributed by atoms with E-state index in [0.717, 1.165) is 0 Å². The van der Waals surface area contributed by atoms with E-state index in [1.807, 2.05) is 0 Å². The minimum Gasteiger partial charge on any atom is -0.465 e. The first-order valence-electron chi connectivity index (χ1n) is 3.98. The highest BCUT2D eigenvalue weighted by Crippen LogP contribution is 2.15. The maximum Gasteiger partial charge on any atom is 0.323 e. The van der Waals surface area contributed by atoms with Crippen LogP contribution in [0.1, 0.15) is 27.2 Å². The smallest absolute Gasteiger partial charge is 0.323 e. The zero-order valence-corrected chi connectivity index (χ0v) is 7.76. The molecule has 0 unspecified atom stereocenters. The molecule has 0 radical (unpaired) electrons. The molecule has 0 aromatic rings. The van der Waals surface area contributed by atoms with Gasteiger partial charge in [0.1, 0.15) is 11.7 Å². The van der Waals surface area contributed by atoms with Crippen molar-refractivity contribution in [2.24, 2.45) is 5.73 Å². The van der Waals surface area contributed by atoms with Crippen molar-refractivity contribution in [3.8, 4) is 0 Å². The predicted molar refractivity (Wildman–Crippen MR) is 44.4 cm³/mol. The zero-order valence-electron chi connectivity index (χ0n) is 7.76. The monoisotopic (exact) mass is 177 g/mol. The maximum atomic E-state index is 13.0. The fourth-order valence-corrected chi connectivity index (χ4v) is 0.856. The Hall–Kier alpha value is -0.640. The van der Waals surface area contributed by atoms with Gasteiger partial charge in [-0.3, -0.25) is 4.79 Å². The van der Waals surface area contributed by atoms with Crippen LogP contribution in [0.3, 0.4) is 0 Å². The number of rotatable bonds is 4. The van der Waals surface area contributed by atoms with Gasteiger partial charge in [-0.15, -0.1) is 0 Å². The molecule has 0 aliphatic carbocycles. The lowest BCUT2D eigenvalue weighted by atomic mass is 10.0. The standard InChI is InChI=1S/C8H16FNO2/c1-4-12-7(11)6(10)5-8(2,3)9/h6H,4-5,10H2,1-3H3/t6-/m1/s1. The van der Waals surface area contributed by atoms with E-state index >= 15 is 0 Å². The van der Waals surface area contributed by atoms with Crippen molar-refractivity contribution in [1.82, 2.24) is 0 Å². The summed E-state index contributed by atoms with van der Waals surface area (Å²) in [5.74, 6) is -0.539. The van der Waals surface area contributed by atoms with Crippen molar-refractivity contribution >= 4 is 5.97 Å². The molecular formula is C8H16FNO2. The van der Waals surface area contributed by atoms with E-state index in [9.17, 15) is 9.18 Å². The highest BCUT2D eigenvalue weighted by atomic mass is 19.1. The SMILES string of the molecule is CCOC(=O)[C@H](N)CC(C)(C)F. The van der Waals surface area contributed by atoms with Crippen LogP contribution in [0.5, 0.6) is 0 Å². The number of hydrogen-bond acceptors (Lipinski definition) is 3. The van der Waals surface area contributed by atoms with Gasteiger partial charge in [0.2, 0.25) is 0 Å². The Morgan fingerprint density at radius 3 is 2.50 bits per heavy atom. The first-order chi connectivity index (χ1) is 5.37. The van der Waals surface area contributed by atoms with E-state index in [-0.39, 0.29) is 13.0 Å². The van der Waals surface area contributed by atoms with Gasteiger partial charge in [0.05, 0.1) is 6.61 Å². The molecule has 0 aliphatic heterocycles. The molecule has 2 N–H and O–H groups in total. The number of ether oxygens (including phenoxy) is 1. The molecule has 0 bridgehead atoms. The van der Waals surface area contributed by atoms with E-state index in [4.69, 9.17) is 5.73 Å². The molecule has 0 saturated heterocycles. The highest BCUT2D eigenvalue weighted by Gasteiger charge is 2.25. The summed E-state index contributed by atoms with van der Waals surface area (Å²) in [7, 11) is 0. The molecular weight excluding hydrogens is 161 g/mol. The summed E-state index contributed by atoms with van der Waals surface area (Å²) in [5.41, 5.74) is 3.95. The molecule has 0 heterocycles. The fourth-order valence-electron chi connectivity index (χ4n) is 0.856. The molecule has 0 spiro atoms. The summed E-state index contributed by atoms with van der Waals surface area (Å²) in [4.78, 5) is 10.9. The van der Waals surface area contributed by atoms with Crippen LogP contribution in [0.15, 0.2) is 0 Å². The number of carbonyl (C=O) groups is 1. The molecule has 0 fully saturated rings. The lowest BCUT2D eigenvalue weighted by molar-refractivity contribution is -0.145. The third-order valence-corrected chi connectivity index (χ3v) is 1.29. The Morgan fingerprint density at radius 1 is 1.67 bits per heavy atom. The van der Waals surface area contributed by atoms with Crippen molar-refractivity contribution in [1.29, 1.82) is 0 Å². The van der Waals surface area contributed by atoms with Crippen LogP contribution in [0.25, 0.3) is 0 Å². The Labute approximate surface area is 72.1 Å². The van der Waals surface area contributed by atoms with Gasteiger partial charge in [0, 0.05) is 6.42 Å². The van der Waals surface area contributed by atoms with Crippen molar-refractivity contribution in [3.05, 3.63) is 0 Å². The summed E-state index contributed by atoms with van der Waals surface area (Å²) < 4.78 is 17.6. The van der Waals surface area contributed by atoms with Gasteiger partial charge in [-0.1, -0.05) is 0 Å². The minimum absolute atomic E-state index is 0.00810. The number of esters is 1. The second-order valence-electron chi connectivity index (χ2n) is 3.28. The molecule has 0 aromatic heterocycles. The Kier molecular flexibility index (Phi) is 4.17. The van der Waals surface area contributed by atoms with Crippen molar-refractivity contribution in [2.45, 2.75) is 38.9 Å². The van der Waals surface area contributed by atoms with Gasteiger partial charge in [-0.25, -0.2) is 4.39 Å². The van der Waals surface area contributed by atoms with Crippen LogP contribution in [0.4, 0.5) is 4.39 Å². The van der Waals surface area contributed by atoms with Crippen molar-refractivity contribution < 1.29 is 13.9 Å². The van der Waals surface area contributed by atoms with Gasteiger partial charge in [-0.05, 0) is 20.8 Å². The number of carbonyl (C=O) groups excluding carboxylic acids is 1. The summed E-state index contributed by atoms with van der Waals surface area (Å²) in [6.45, 7) is 4.72. The van der Waals surface area contributed by atoms with E-state index in [0.29, 0.717) is 0 Å². The number of alkyl halides is 1. The quantitative estimate of drug-likeness (QED) is 0.652. The van der Waals surface area contributed by atoms with Crippen LogP contribution in [0.2, 0.25) is 0 Å². The Morgan fingerprint density at radius 2 is 2.17 bits per heavy atom. The van der Waals surface area contributed by atoms with Gasteiger partial charge >= 0.3 is 5.97 Å². The molecule has 0 aromatic carbocycles. The number of hydrogen-bond donors (Lipinski definition) is 1. The topological polar surface area (TPSA) is 52.3 Å². The summed E-state index contributed by atoms with van der Waals surface area (Å²) in [5, 5.41) is 0. The second-order valence-corrected chi connectivity index (χ2v) is 3.28. The van der Waals surface area contributed by atoms with Crippen molar-refractivity contribution in [2.75, 3.05) is 6.61 Å². The Balaban J connectivity index is 3.87. The van der Waals surface area contributed by atoms with E-state index in [1.165, 1.54) is 13.8 Å². The van der Waals surface area contributed by atoms with E-state index < -0.39 is 17.7 Å². The van der Waals surface area contributed by atoms with Gasteiger partial charge in [-0.2, -0.15) is 0 Å². The van der Waals surface area contributed by atoms with Gasteiger partial charge in [0.15, 0.2) is 0 Å². The van der Waals surface area contributed by atoms with E-state index in [2.05, 4.69) is 4.74 Å². The van der Waals surface area contributed by atoms with Gasteiger partial charge in [0.25, 0.3) is 0 Å². The first kappa shape index (κ1) is 11.4. The summed E-state index contributed by atoms with van der Waals surface area (Å²) >= 11 is 0. The van der Waals surface area contributed by atoms with Gasteiger partial charge < -0.3 is 10.5 Å². The molecule has 0 saturated carbocycles. The third kappa shape index (κ3) is 5.07. The van der Waals surface area contributed by atoms with E-state index in [1.54, 1.807) is 6.92 Å². The highest BCUT2D eigenvalue weighted by molar-refractivity contribution is 5.75. The lowest BCUT2D eigenvalue weighted by Gasteiger charge is -2.17. The third-order valence-electron chi connectivity index (χ3n) is 1.29. The van der Waals surface area contributed by atoms with Crippen LogP contribution < -0.4 is 5.73 Å². The molecule has 0 rings (SSSR count). The predicted octanol–water partition coefficient (Wildman–Crippen LogP) is 1.01. The molecule has 12 heavy (non-hydrogen) atoms. The second kappa shape index (κ2) is 4.40. The molecule has 0 aliphatic rings. The molecule has 1 atom stereocenters. The minimum atomic E-state index is -1.42. The normalized spacial score (nSPS) is 14.1. The van der Waals surface area contributed by atoms with Crippen LogP contribution in [0, 0.1) is 0 Å². The summed E-state index contributed by atoms with van der Waals surface area (Å²) in [6.07, 6.45) is -0.00810. The zero-order chi connectivity index (χ0) is 9.78. The Bertz CT molecular complexity index is 154. The molecule has 4 heteroatoms. The molecule has 0 amide bonds. The van der Waals surface area contributed by atoms with Crippen LogP contribution >= 0.6 is 0 Å². The number of nitrogens with two attached hydrogens (primary N) is 1. The molecule has 3 nitrogen and oxygen atoms in total. The van der Waals surface area contributed by atoms with Crippen molar-refractivity contribution in [3.63, 3.8) is 0 Å². The van der Waals surface area contributed by atoms with Crippen LogP contribution in [-0.2, 0) is 9.53 Å².